The standard InChI is InChI=1S/C20H20ClN3O3/c1-5-27-20(26)18-12(3)17(23-13(18)4)9-14(10-22)19(25)24-16-8-6-7-15(21)11(16)2/h6-9,23H,5H2,1-4H3,(H,24,25)/b14-9+. The molecule has 0 saturated carbocycles. The second-order valence-corrected chi connectivity index (χ2v) is 6.33. The maximum absolute atomic E-state index is 12.5. The number of H-pyrrole nitrogens is 1. The monoisotopic (exact) mass is 385 g/mol. The lowest BCUT2D eigenvalue weighted by molar-refractivity contribution is -0.112. The van der Waals surface area contributed by atoms with E-state index in [2.05, 4.69) is 10.3 Å². The van der Waals surface area contributed by atoms with Crippen LogP contribution in [0.1, 0.15) is 39.8 Å². The van der Waals surface area contributed by atoms with Gasteiger partial charge in [-0.25, -0.2) is 4.79 Å². The van der Waals surface area contributed by atoms with Crippen molar-refractivity contribution in [3.63, 3.8) is 0 Å². The van der Waals surface area contributed by atoms with Crippen LogP contribution in [0, 0.1) is 32.1 Å². The predicted molar refractivity (Wildman–Crippen MR) is 105 cm³/mol. The fourth-order valence-electron chi connectivity index (χ4n) is 2.65. The molecule has 0 aliphatic carbocycles. The minimum absolute atomic E-state index is 0.103. The number of carbonyl (C=O) groups is 2. The Hall–Kier alpha value is -3.04. The third-order valence-corrected chi connectivity index (χ3v) is 4.53. The van der Waals surface area contributed by atoms with E-state index >= 15 is 0 Å². The molecule has 1 heterocycles. The van der Waals surface area contributed by atoms with E-state index in [0.717, 1.165) is 0 Å². The first kappa shape index (κ1) is 20.3. The first-order valence-corrected chi connectivity index (χ1v) is 8.72. The Kier molecular flexibility index (Phi) is 6.43. The predicted octanol–water partition coefficient (Wildman–Crippen LogP) is 4.32. The van der Waals surface area contributed by atoms with Crippen molar-refractivity contribution in [3.05, 3.63) is 56.9 Å². The van der Waals surface area contributed by atoms with Crippen LogP contribution in [0.5, 0.6) is 0 Å². The molecule has 0 radical (unpaired) electrons. The van der Waals surface area contributed by atoms with Crippen LogP contribution in [0.3, 0.4) is 0 Å². The molecule has 2 aromatic rings. The molecule has 2 N–H and O–H groups in total. The summed E-state index contributed by atoms with van der Waals surface area (Å²) in [4.78, 5) is 27.6. The van der Waals surface area contributed by atoms with Gasteiger partial charge in [0, 0.05) is 22.1 Å². The number of rotatable bonds is 5. The molecular weight excluding hydrogens is 366 g/mol. The summed E-state index contributed by atoms with van der Waals surface area (Å²) in [5.74, 6) is -1.01. The molecule has 7 heteroatoms. The first-order chi connectivity index (χ1) is 12.8. The van der Waals surface area contributed by atoms with E-state index in [1.165, 1.54) is 6.08 Å². The third kappa shape index (κ3) is 4.39. The molecule has 27 heavy (non-hydrogen) atoms. The van der Waals surface area contributed by atoms with Crippen molar-refractivity contribution >= 4 is 35.2 Å². The lowest BCUT2D eigenvalue weighted by Crippen LogP contribution is -2.14. The third-order valence-electron chi connectivity index (χ3n) is 4.13. The number of hydrogen-bond acceptors (Lipinski definition) is 4. The van der Waals surface area contributed by atoms with Gasteiger partial charge in [-0.05, 0) is 57.0 Å². The molecule has 0 atom stereocenters. The van der Waals surface area contributed by atoms with E-state index in [4.69, 9.17) is 16.3 Å². The Bertz CT molecular complexity index is 968. The molecular formula is C20H20ClN3O3. The Balaban J connectivity index is 2.35. The smallest absolute Gasteiger partial charge is 0.340 e. The number of aromatic nitrogens is 1. The number of benzene rings is 1. The van der Waals surface area contributed by atoms with Gasteiger partial charge in [0.1, 0.15) is 11.6 Å². The minimum atomic E-state index is -0.563. The number of carbonyl (C=O) groups excluding carboxylic acids is 2. The van der Waals surface area contributed by atoms with Crippen molar-refractivity contribution in [2.24, 2.45) is 0 Å². The lowest BCUT2D eigenvalue weighted by atomic mass is 10.1. The number of hydrogen-bond donors (Lipinski definition) is 2. The Morgan fingerprint density at radius 3 is 2.63 bits per heavy atom. The van der Waals surface area contributed by atoms with Crippen LogP contribution in [-0.4, -0.2) is 23.5 Å². The van der Waals surface area contributed by atoms with Gasteiger partial charge in [0.05, 0.1) is 12.2 Å². The van der Waals surface area contributed by atoms with Crippen LogP contribution < -0.4 is 5.32 Å². The summed E-state index contributed by atoms with van der Waals surface area (Å²) in [7, 11) is 0. The fourth-order valence-corrected chi connectivity index (χ4v) is 2.83. The SMILES string of the molecule is CCOC(=O)c1c(C)[nH]c(/C=C(\C#N)C(=O)Nc2cccc(Cl)c2C)c1C. The van der Waals surface area contributed by atoms with E-state index in [-0.39, 0.29) is 12.2 Å². The van der Waals surface area contributed by atoms with Crippen molar-refractivity contribution < 1.29 is 14.3 Å². The van der Waals surface area contributed by atoms with Gasteiger partial charge in [0.25, 0.3) is 5.91 Å². The average Bonchev–Trinajstić information content (AvgIpc) is 2.90. The highest BCUT2D eigenvalue weighted by atomic mass is 35.5. The summed E-state index contributed by atoms with van der Waals surface area (Å²) < 4.78 is 5.05. The number of esters is 1. The maximum atomic E-state index is 12.5. The zero-order valence-electron chi connectivity index (χ0n) is 15.6. The van der Waals surface area contributed by atoms with Crippen molar-refractivity contribution in [1.82, 2.24) is 4.98 Å². The van der Waals surface area contributed by atoms with Crippen LogP contribution in [0.2, 0.25) is 5.02 Å². The lowest BCUT2D eigenvalue weighted by Gasteiger charge is -2.08. The minimum Gasteiger partial charge on any atom is -0.462 e. The second-order valence-electron chi connectivity index (χ2n) is 5.92. The number of aryl methyl sites for hydroxylation is 1. The van der Waals surface area contributed by atoms with Gasteiger partial charge in [0.15, 0.2) is 0 Å². The molecule has 1 aromatic carbocycles. The largest absolute Gasteiger partial charge is 0.462 e. The molecule has 0 aliphatic heterocycles. The molecule has 0 spiro atoms. The highest BCUT2D eigenvalue weighted by molar-refractivity contribution is 6.31. The molecule has 1 aromatic heterocycles. The summed E-state index contributed by atoms with van der Waals surface area (Å²) in [6.45, 7) is 7.23. The zero-order chi connectivity index (χ0) is 20.1. The van der Waals surface area contributed by atoms with Gasteiger partial charge in [-0.2, -0.15) is 5.26 Å². The Labute approximate surface area is 162 Å². The van der Waals surface area contributed by atoms with Crippen LogP contribution in [-0.2, 0) is 9.53 Å². The molecule has 0 fully saturated rings. The zero-order valence-corrected chi connectivity index (χ0v) is 16.3. The summed E-state index contributed by atoms with van der Waals surface area (Å²) in [6.07, 6.45) is 1.42. The van der Waals surface area contributed by atoms with Crippen molar-refractivity contribution in [2.45, 2.75) is 27.7 Å². The average molecular weight is 386 g/mol. The number of ether oxygens (including phenoxy) is 1. The van der Waals surface area contributed by atoms with Crippen LogP contribution in [0.25, 0.3) is 6.08 Å². The van der Waals surface area contributed by atoms with Gasteiger partial charge >= 0.3 is 5.97 Å². The molecule has 0 aliphatic rings. The number of anilines is 1. The number of nitrogens with zero attached hydrogens (tertiary/aromatic N) is 1. The number of nitriles is 1. The van der Waals surface area contributed by atoms with E-state index in [1.807, 2.05) is 6.07 Å². The van der Waals surface area contributed by atoms with Crippen molar-refractivity contribution in [2.75, 3.05) is 11.9 Å². The molecule has 140 valence electrons. The number of amides is 1. The fraction of sp³-hybridized carbons (Fsp3) is 0.250. The van der Waals surface area contributed by atoms with E-state index in [0.29, 0.717) is 38.8 Å². The quantitative estimate of drug-likeness (QED) is 0.455. The number of halogens is 1. The molecule has 1 amide bonds. The van der Waals surface area contributed by atoms with E-state index in [1.54, 1.807) is 45.9 Å². The van der Waals surface area contributed by atoms with Gasteiger partial charge in [0.2, 0.25) is 0 Å². The normalized spacial score (nSPS) is 11.0. The summed E-state index contributed by atoms with van der Waals surface area (Å²) in [5.41, 5.74) is 3.28. The van der Waals surface area contributed by atoms with Crippen LogP contribution >= 0.6 is 11.6 Å². The van der Waals surface area contributed by atoms with Gasteiger partial charge in [-0.1, -0.05) is 17.7 Å². The molecule has 0 saturated heterocycles. The molecule has 6 nitrogen and oxygen atoms in total. The molecule has 2 rings (SSSR count). The van der Waals surface area contributed by atoms with Gasteiger partial charge < -0.3 is 15.0 Å². The molecule has 0 unspecified atom stereocenters. The Morgan fingerprint density at radius 2 is 2.00 bits per heavy atom. The maximum Gasteiger partial charge on any atom is 0.340 e. The van der Waals surface area contributed by atoms with Crippen molar-refractivity contribution in [1.29, 1.82) is 5.26 Å². The van der Waals surface area contributed by atoms with E-state index < -0.39 is 11.9 Å². The van der Waals surface area contributed by atoms with Gasteiger partial charge in [-0.15, -0.1) is 0 Å². The number of aromatic amines is 1. The summed E-state index contributed by atoms with van der Waals surface area (Å²) >= 11 is 6.06. The van der Waals surface area contributed by atoms with Crippen molar-refractivity contribution in [3.8, 4) is 6.07 Å². The topological polar surface area (TPSA) is 95.0 Å². The number of nitrogens with one attached hydrogen (secondary N) is 2. The second kappa shape index (κ2) is 8.56. The highest BCUT2D eigenvalue weighted by Crippen LogP contribution is 2.24. The first-order valence-electron chi connectivity index (χ1n) is 8.34. The van der Waals surface area contributed by atoms with E-state index in [9.17, 15) is 14.9 Å². The van der Waals surface area contributed by atoms with Gasteiger partial charge in [-0.3, -0.25) is 4.79 Å². The van der Waals surface area contributed by atoms with Crippen LogP contribution in [0.15, 0.2) is 23.8 Å². The Morgan fingerprint density at radius 1 is 1.30 bits per heavy atom. The summed E-state index contributed by atoms with van der Waals surface area (Å²) in [5, 5.41) is 12.6. The summed E-state index contributed by atoms with van der Waals surface area (Å²) in [6, 6.07) is 7.03. The van der Waals surface area contributed by atoms with Crippen LogP contribution in [0.4, 0.5) is 5.69 Å². The molecule has 0 bridgehead atoms. The highest BCUT2D eigenvalue weighted by Gasteiger charge is 2.20.